The van der Waals surface area contributed by atoms with Crippen LogP contribution in [0.5, 0.6) is 11.5 Å². The number of rotatable bonds is 4. The average Bonchev–Trinajstić information content (AvgIpc) is 2.47. The van der Waals surface area contributed by atoms with E-state index in [-0.39, 0.29) is 36.8 Å². The van der Waals surface area contributed by atoms with E-state index >= 15 is 0 Å². The van der Waals surface area contributed by atoms with Crippen molar-refractivity contribution in [3.05, 3.63) is 23.8 Å². The number of benzene rings is 1. The maximum atomic E-state index is 13.5. The highest BCUT2D eigenvalue weighted by Crippen LogP contribution is 2.43. The molecule has 1 atom stereocenters. The lowest BCUT2D eigenvalue weighted by molar-refractivity contribution is -0.274. The van der Waals surface area contributed by atoms with Crippen molar-refractivity contribution in [2.75, 3.05) is 33.3 Å². The minimum atomic E-state index is -4.94. The van der Waals surface area contributed by atoms with Crippen LogP contribution in [-0.2, 0) is 0 Å². The summed E-state index contributed by atoms with van der Waals surface area (Å²) in [5.41, 5.74) is -0.249. The molecule has 2 rings (SSSR count). The van der Waals surface area contributed by atoms with Gasteiger partial charge in [0.05, 0.1) is 7.11 Å². The molecule has 144 valence electrons. The van der Waals surface area contributed by atoms with E-state index in [1.807, 2.05) is 0 Å². The van der Waals surface area contributed by atoms with Gasteiger partial charge in [0, 0.05) is 37.8 Å². The Balaban J connectivity index is 0.00000312. The maximum Gasteiger partial charge on any atom is 0.573 e. The third-order valence-corrected chi connectivity index (χ3v) is 3.56. The molecule has 1 aliphatic heterocycles. The smallest absolute Gasteiger partial charge is 0.496 e. The summed E-state index contributed by atoms with van der Waals surface area (Å²) in [5.74, 6) is -0.943. The van der Waals surface area contributed by atoms with Gasteiger partial charge in [0.1, 0.15) is 17.5 Å². The van der Waals surface area contributed by atoms with E-state index in [1.54, 1.807) is 0 Å². The molecule has 0 aromatic heterocycles. The van der Waals surface area contributed by atoms with Crippen LogP contribution < -0.4 is 14.8 Å². The quantitative estimate of drug-likeness (QED) is 0.792. The molecule has 4 nitrogen and oxygen atoms in total. The molecule has 0 radical (unpaired) electrons. The lowest BCUT2D eigenvalue weighted by Crippen LogP contribution is -2.49. The van der Waals surface area contributed by atoms with E-state index in [1.165, 1.54) is 4.90 Å². The fourth-order valence-corrected chi connectivity index (χ4v) is 2.63. The van der Waals surface area contributed by atoms with Crippen molar-refractivity contribution in [3.63, 3.8) is 0 Å². The molecule has 1 fully saturated rings. The van der Waals surface area contributed by atoms with Gasteiger partial charge in [0.25, 0.3) is 0 Å². The fraction of sp³-hybridized carbons (Fsp3) is 0.571. The molecule has 0 bridgehead atoms. The molecule has 0 aliphatic carbocycles. The second-order valence-corrected chi connectivity index (χ2v) is 5.18. The first-order valence-corrected chi connectivity index (χ1v) is 7.07. The van der Waals surface area contributed by atoms with E-state index in [0.29, 0.717) is 13.1 Å². The summed E-state index contributed by atoms with van der Waals surface area (Å²) >= 11 is 0. The monoisotopic (exact) mass is 394 g/mol. The summed E-state index contributed by atoms with van der Waals surface area (Å²) in [6.07, 6.45) is -9.54. The largest absolute Gasteiger partial charge is 0.573 e. The van der Waals surface area contributed by atoms with Gasteiger partial charge in [-0.05, 0) is 12.1 Å². The van der Waals surface area contributed by atoms with Crippen LogP contribution >= 0.6 is 12.4 Å². The topological polar surface area (TPSA) is 33.7 Å². The zero-order valence-corrected chi connectivity index (χ0v) is 13.9. The number of methoxy groups -OCH3 is 1. The summed E-state index contributed by atoms with van der Waals surface area (Å²) in [6, 6.07) is 0.658. The first-order chi connectivity index (χ1) is 11.1. The minimum Gasteiger partial charge on any atom is -0.496 e. The van der Waals surface area contributed by atoms with E-state index in [9.17, 15) is 26.3 Å². The molecular formula is C14H17ClF6N2O2. The second-order valence-electron chi connectivity index (χ2n) is 5.18. The molecule has 1 heterocycles. The first-order valence-electron chi connectivity index (χ1n) is 7.07. The highest BCUT2D eigenvalue weighted by molar-refractivity contribution is 5.85. The Hall–Kier alpha value is -1.39. The van der Waals surface area contributed by atoms with Gasteiger partial charge in [-0.3, -0.25) is 4.90 Å². The van der Waals surface area contributed by atoms with Crippen LogP contribution in [0.25, 0.3) is 0 Å². The van der Waals surface area contributed by atoms with Crippen molar-refractivity contribution < 1.29 is 35.8 Å². The number of alkyl halides is 6. The number of hydrogen-bond acceptors (Lipinski definition) is 4. The van der Waals surface area contributed by atoms with E-state index in [2.05, 4.69) is 10.1 Å². The summed E-state index contributed by atoms with van der Waals surface area (Å²) in [4.78, 5) is 1.22. The maximum absolute atomic E-state index is 13.5. The molecule has 0 saturated carbocycles. The van der Waals surface area contributed by atoms with Gasteiger partial charge in [-0.2, -0.15) is 13.2 Å². The van der Waals surface area contributed by atoms with Crippen LogP contribution in [0.15, 0.2) is 18.2 Å². The van der Waals surface area contributed by atoms with Crippen molar-refractivity contribution in [1.29, 1.82) is 0 Å². The molecule has 1 N–H and O–H groups in total. The van der Waals surface area contributed by atoms with Gasteiger partial charge in [0.15, 0.2) is 0 Å². The molecule has 0 amide bonds. The van der Waals surface area contributed by atoms with E-state index in [4.69, 9.17) is 4.74 Å². The van der Waals surface area contributed by atoms with Gasteiger partial charge in [0.2, 0.25) is 0 Å². The molecule has 1 aliphatic rings. The highest BCUT2D eigenvalue weighted by Gasteiger charge is 2.46. The lowest BCUT2D eigenvalue weighted by Gasteiger charge is -2.36. The molecule has 0 spiro atoms. The standard InChI is InChI=1S/C14H16F6N2O2.ClH/c1-23-11-8-9(24-14(18,19)20)2-3-10(11)12(13(15,16)17)22-6-4-21-5-7-22;/h2-3,8,12,21H,4-7H2,1H3;1H/t12-;/m0./s1. The Morgan fingerprint density at radius 1 is 1.08 bits per heavy atom. The molecular weight excluding hydrogens is 378 g/mol. The first kappa shape index (κ1) is 21.7. The predicted molar refractivity (Wildman–Crippen MR) is 80.2 cm³/mol. The zero-order valence-electron chi connectivity index (χ0n) is 13.1. The van der Waals surface area contributed by atoms with Crippen LogP contribution in [0.1, 0.15) is 11.6 Å². The second kappa shape index (κ2) is 8.33. The van der Waals surface area contributed by atoms with Gasteiger partial charge in [-0.25, -0.2) is 0 Å². The molecule has 1 aromatic carbocycles. The van der Waals surface area contributed by atoms with Crippen LogP contribution in [0.2, 0.25) is 0 Å². The van der Waals surface area contributed by atoms with E-state index in [0.717, 1.165) is 25.3 Å². The number of piperazine rings is 1. The summed E-state index contributed by atoms with van der Waals surface area (Å²) in [7, 11) is 1.10. The summed E-state index contributed by atoms with van der Waals surface area (Å²) < 4.78 is 86.0. The molecule has 1 aromatic rings. The van der Waals surface area contributed by atoms with E-state index < -0.39 is 24.3 Å². The van der Waals surface area contributed by atoms with Crippen molar-refractivity contribution >= 4 is 12.4 Å². The third-order valence-electron chi connectivity index (χ3n) is 3.56. The van der Waals surface area contributed by atoms with Gasteiger partial charge < -0.3 is 14.8 Å². The lowest BCUT2D eigenvalue weighted by atomic mass is 10.0. The van der Waals surface area contributed by atoms with Crippen molar-refractivity contribution in [3.8, 4) is 11.5 Å². The van der Waals surface area contributed by atoms with Crippen molar-refractivity contribution in [2.45, 2.75) is 18.6 Å². The Morgan fingerprint density at radius 2 is 1.68 bits per heavy atom. The number of nitrogens with zero attached hydrogens (tertiary/aromatic N) is 1. The van der Waals surface area contributed by atoms with Gasteiger partial charge in [-0.15, -0.1) is 25.6 Å². The van der Waals surface area contributed by atoms with Gasteiger partial charge in [-0.1, -0.05) is 0 Å². The Labute approximate surface area is 146 Å². The number of nitrogens with one attached hydrogen (secondary N) is 1. The van der Waals surface area contributed by atoms with Crippen molar-refractivity contribution in [1.82, 2.24) is 10.2 Å². The molecule has 0 unspecified atom stereocenters. The van der Waals surface area contributed by atoms with Crippen LogP contribution in [0.3, 0.4) is 0 Å². The number of hydrogen-bond donors (Lipinski definition) is 1. The highest BCUT2D eigenvalue weighted by atomic mass is 35.5. The number of halogens is 7. The van der Waals surface area contributed by atoms with Crippen LogP contribution in [-0.4, -0.2) is 50.7 Å². The molecule has 25 heavy (non-hydrogen) atoms. The Bertz CT molecular complexity index is 561. The summed E-state index contributed by atoms with van der Waals surface area (Å²) in [5, 5.41) is 2.95. The summed E-state index contributed by atoms with van der Waals surface area (Å²) in [6.45, 7) is 1.11. The normalized spacial score (nSPS) is 17.6. The van der Waals surface area contributed by atoms with Crippen LogP contribution in [0, 0.1) is 0 Å². The number of ether oxygens (including phenoxy) is 2. The third kappa shape index (κ3) is 5.82. The Kier molecular flexibility index (Phi) is 7.21. The minimum absolute atomic E-state index is 0. The van der Waals surface area contributed by atoms with Crippen molar-refractivity contribution in [2.24, 2.45) is 0 Å². The molecule has 11 heteroatoms. The Morgan fingerprint density at radius 3 is 2.16 bits per heavy atom. The van der Waals surface area contributed by atoms with Crippen LogP contribution in [0.4, 0.5) is 26.3 Å². The molecule has 1 saturated heterocycles. The zero-order chi connectivity index (χ0) is 18.0. The predicted octanol–water partition coefficient (Wildman–Crippen LogP) is 3.52. The SMILES string of the molecule is COc1cc(OC(F)(F)F)ccc1[C@H](N1CCNCC1)C(F)(F)F.Cl. The average molecular weight is 395 g/mol. The fourth-order valence-electron chi connectivity index (χ4n) is 2.63. The van der Waals surface area contributed by atoms with Gasteiger partial charge >= 0.3 is 12.5 Å².